The van der Waals surface area contributed by atoms with E-state index in [2.05, 4.69) is 16.4 Å². The average molecular weight is 440 g/mol. The lowest BCUT2D eigenvalue weighted by atomic mass is 10.1. The highest BCUT2D eigenvalue weighted by Gasteiger charge is 2.14. The standard InChI is InChI=1S/C24H29N3O3S/c1-17-5-10-22-19(13-17)14-20(23(28)26-22)16-27(24(31)25-11-4-12-29-2)15-18-6-8-21(30-3)9-7-18/h5-10,13-14H,4,11-12,15-16H2,1-3H3,(H,25,31)(H,26,28). The Kier molecular flexibility index (Phi) is 8.03. The maximum atomic E-state index is 12.7. The van der Waals surface area contributed by atoms with Crippen molar-refractivity contribution < 1.29 is 9.47 Å². The van der Waals surface area contributed by atoms with E-state index in [1.807, 2.05) is 54.3 Å². The Labute approximate surface area is 188 Å². The molecule has 31 heavy (non-hydrogen) atoms. The SMILES string of the molecule is COCCCNC(=S)N(Cc1ccc(OC)cc1)Cc1cc2cc(C)ccc2[nH]c1=O. The molecule has 164 valence electrons. The van der Waals surface area contributed by atoms with Gasteiger partial charge in [-0.15, -0.1) is 0 Å². The monoisotopic (exact) mass is 439 g/mol. The maximum Gasteiger partial charge on any atom is 0.253 e. The summed E-state index contributed by atoms with van der Waals surface area (Å²) < 4.78 is 10.4. The van der Waals surface area contributed by atoms with Crippen molar-refractivity contribution >= 4 is 28.2 Å². The molecule has 0 fully saturated rings. The number of thiocarbonyl (C=S) groups is 1. The van der Waals surface area contributed by atoms with Gasteiger partial charge in [0.15, 0.2) is 5.11 Å². The summed E-state index contributed by atoms with van der Waals surface area (Å²) in [5.74, 6) is 0.803. The van der Waals surface area contributed by atoms with Crippen LogP contribution in [0.15, 0.2) is 53.3 Å². The third-order valence-corrected chi connectivity index (χ3v) is 5.46. The van der Waals surface area contributed by atoms with Crippen LogP contribution in [0.2, 0.25) is 0 Å². The van der Waals surface area contributed by atoms with Gasteiger partial charge in [-0.3, -0.25) is 4.79 Å². The third-order valence-electron chi connectivity index (χ3n) is 5.06. The Hall–Kier alpha value is -2.90. The van der Waals surface area contributed by atoms with E-state index in [-0.39, 0.29) is 5.56 Å². The zero-order valence-electron chi connectivity index (χ0n) is 18.2. The Balaban J connectivity index is 1.84. The molecular weight excluding hydrogens is 410 g/mol. The number of nitrogens with one attached hydrogen (secondary N) is 2. The molecule has 0 aliphatic carbocycles. The Bertz CT molecular complexity index is 1080. The van der Waals surface area contributed by atoms with Gasteiger partial charge in [-0.05, 0) is 66.8 Å². The minimum Gasteiger partial charge on any atom is -0.497 e. The number of nitrogens with zero attached hydrogens (tertiary/aromatic N) is 1. The van der Waals surface area contributed by atoms with Crippen molar-refractivity contribution in [3.05, 3.63) is 75.6 Å². The molecule has 2 N–H and O–H groups in total. The number of ether oxygens (including phenoxy) is 2. The molecule has 0 spiro atoms. The van der Waals surface area contributed by atoms with Gasteiger partial charge in [0, 0.05) is 37.9 Å². The molecule has 0 atom stereocenters. The van der Waals surface area contributed by atoms with Crippen molar-refractivity contribution in [2.24, 2.45) is 0 Å². The number of hydrogen-bond donors (Lipinski definition) is 2. The van der Waals surface area contributed by atoms with E-state index >= 15 is 0 Å². The molecule has 0 saturated heterocycles. The van der Waals surface area contributed by atoms with Crippen molar-refractivity contribution in [3.8, 4) is 5.75 Å². The molecule has 0 saturated carbocycles. The first-order valence-electron chi connectivity index (χ1n) is 10.3. The fraction of sp³-hybridized carbons (Fsp3) is 0.333. The molecule has 0 radical (unpaired) electrons. The van der Waals surface area contributed by atoms with E-state index in [0.717, 1.165) is 34.2 Å². The fourth-order valence-electron chi connectivity index (χ4n) is 3.37. The lowest BCUT2D eigenvalue weighted by Crippen LogP contribution is -2.40. The molecule has 2 aromatic carbocycles. The summed E-state index contributed by atoms with van der Waals surface area (Å²) in [6.07, 6.45) is 0.850. The number of pyridine rings is 1. The summed E-state index contributed by atoms with van der Waals surface area (Å²) in [6, 6.07) is 15.8. The van der Waals surface area contributed by atoms with Gasteiger partial charge in [0.05, 0.1) is 13.7 Å². The minimum absolute atomic E-state index is 0.0988. The summed E-state index contributed by atoms with van der Waals surface area (Å²) in [6.45, 7) is 4.39. The van der Waals surface area contributed by atoms with Crippen molar-refractivity contribution in [1.82, 2.24) is 15.2 Å². The normalized spacial score (nSPS) is 10.8. The first kappa shape index (κ1) is 22.8. The predicted molar refractivity (Wildman–Crippen MR) is 129 cm³/mol. The molecule has 0 aliphatic rings. The van der Waals surface area contributed by atoms with Crippen LogP contribution >= 0.6 is 12.2 Å². The lowest BCUT2D eigenvalue weighted by Gasteiger charge is -2.26. The van der Waals surface area contributed by atoms with Gasteiger partial charge in [0.2, 0.25) is 0 Å². The van der Waals surface area contributed by atoms with Crippen molar-refractivity contribution in [3.63, 3.8) is 0 Å². The van der Waals surface area contributed by atoms with Crippen molar-refractivity contribution in [1.29, 1.82) is 0 Å². The number of methoxy groups -OCH3 is 2. The smallest absolute Gasteiger partial charge is 0.253 e. The molecule has 0 aliphatic heterocycles. The second kappa shape index (κ2) is 10.9. The minimum atomic E-state index is -0.0988. The van der Waals surface area contributed by atoms with Crippen LogP contribution < -0.4 is 15.6 Å². The molecule has 0 bridgehead atoms. The van der Waals surface area contributed by atoms with Crippen LogP contribution in [0.3, 0.4) is 0 Å². The van der Waals surface area contributed by atoms with Crippen LogP contribution in [0.25, 0.3) is 10.9 Å². The van der Waals surface area contributed by atoms with E-state index < -0.39 is 0 Å². The number of benzene rings is 2. The summed E-state index contributed by atoms with van der Waals surface area (Å²) in [4.78, 5) is 17.7. The molecule has 6 nitrogen and oxygen atoms in total. The molecule has 3 aromatic rings. The van der Waals surface area contributed by atoms with Crippen molar-refractivity contribution in [2.45, 2.75) is 26.4 Å². The first-order valence-corrected chi connectivity index (χ1v) is 10.7. The zero-order valence-corrected chi connectivity index (χ0v) is 19.1. The van der Waals surface area contributed by atoms with Gasteiger partial charge in [0.1, 0.15) is 5.75 Å². The van der Waals surface area contributed by atoms with Crippen LogP contribution in [0.1, 0.15) is 23.1 Å². The van der Waals surface area contributed by atoms with Gasteiger partial charge < -0.3 is 24.7 Å². The Morgan fingerprint density at radius 2 is 1.87 bits per heavy atom. The number of aromatic amines is 1. The third kappa shape index (κ3) is 6.29. The van der Waals surface area contributed by atoms with Crippen LogP contribution in [-0.4, -0.2) is 42.4 Å². The van der Waals surface area contributed by atoms with E-state index in [0.29, 0.717) is 36.9 Å². The highest BCUT2D eigenvalue weighted by atomic mass is 32.1. The molecule has 3 rings (SSSR count). The number of hydrogen-bond acceptors (Lipinski definition) is 4. The fourth-order valence-corrected chi connectivity index (χ4v) is 3.60. The van der Waals surface area contributed by atoms with E-state index in [1.54, 1.807) is 14.2 Å². The van der Waals surface area contributed by atoms with Gasteiger partial charge in [0.25, 0.3) is 5.56 Å². The highest BCUT2D eigenvalue weighted by molar-refractivity contribution is 7.80. The van der Waals surface area contributed by atoms with Gasteiger partial charge in [-0.1, -0.05) is 23.8 Å². The quantitative estimate of drug-likeness (QED) is 0.391. The van der Waals surface area contributed by atoms with Crippen LogP contribution in [0.5, 0.6) is 5.75 Å². The number of aromatic nitrogens is 1. The molecule has 0 amide bonds. The van der Waals surface area contributed by atoms with Gasteiger partial charge in [-0.25, -0.2) is 0 Å². The molecular formula is C24H29N3O3S. The second-order valence-electron chi connectivity index (χ2n) is 7.50. The summed E-state index contributed by atoms with van der Waals surface area (Å²) in [5, 5.41) is 4.91. The Morgan fingerprint density at radius 1 is 1.10 bits per heavy atom. The number of aryl methyl sites for hydroxylation is 1. The zero-order chi connectivity index (χ0) is 22.2. The van der Waals surface area contributed by atoms with E-state index in [9.17, 15) is 4.79 Å². The summed E-state index contributed by atoms with van der Waals surface area (Å²) in [7, 11) is 3.33. The number of fused-ring (bicyclic) bond motifs is 1. The Morgan fingerprint density at radius 3 is 2.58 bits per heavy atom. The van der Waals surface area contributed by atoms with Crippen molar-refractivity contribution in [2.75, 3.05) is 27.4 Å². The van der Waals surface area contributed by atoms with Crippen LogP contribution in [-0.2, 0) is 17.8 Å². The highest BCUT2D eigenvalue weighted by Crippen LogP contribution is 2.17. The van der Waals surface area contributed by atoms with E-state index in [1.165, 1.54) is 0 Å². The molecule has 1 aromatic heterocycles. The summed E-state index contributed by atoms with van der Waals surface area (Å²) in [5.41, 5.74) is 3.64. The summed E-state index contributed by atoms with van der Waals surface area (Å²) >= 11 is 5.67. The van der Waals surface area contributed by atoms with Gasteiger partial charge in [-0.2, -0.15) is 0 Å². The van der Waals surface area contributed by atoms with Gasteiger partial charge >= 0.3 is 0 Å². The van der Waals surface area contributed by atoms with Crippen LogP contribution in [0.4, 0.5) is 0 Å². The number of H-pyrrole nitrogens is 1. The second-order valence-corrected chi connectivity index (χ2v) is 7.88. The van der Waals surface area contributed by atoms with Crippen LogP contribution in [0, 0.1) is 6.92 Å². The average Bonchev–Trinajstić information content (AvgIpc) is 2.77. The molecule has 1 heterocycles. The predicted octanol–water partition coefficient (Wildman–Crippen LogP) is 3.76. The largest absolute Gasteiger partial charge is 0.497 e. The van der Waals surface area contributed by atoms with E-state index in [4.69, 9.17) is 21.7 Å². The number of rotatable bonds is 9. The topological polar surface area (TPSA) is 66.6 Å². The molecule has 7 heteroatoms. The first-order chi connectivity index (χ1) is 15.0. The molecule has 0 unspecified atom stereocenters. The maximum absolute atomic E-state index is 12.7. The lowest BCUT2D eigenvalue weighted by molar-refractivity contribution is 0.195.